The fraction of sp³-hybridized carbons (Fsp3) is 0.385. The molecule has 0 radical (unpaired) electrons. The molecule has 0 bridgehead atoms. The molecule has 0 amide bonds. The zero-order chi connectivity index (χ0) is 23.5. The number of carbonyl (C=O) groups excluding carboxylic acids is 2. The Labute approximate surface area is 191 Å². The molecule has 2 aliphatic heterocycles. The fourth-order valence-corrected chi connectivity index (χ4v) is 4.62. The van der Waals surface area contributed by atoms with Gasteiger partial charge in [0.1, 0.15) is 6.61 Å². The van der Waals surface area contributed by atoms with Crippen molar-refractivity contribution in [2.75, 3.05) is 0 Å². The quantitative estimate of drug-likeness (QED) is 0.442. The zero-order valence-electron chi connectivity index (χ0n) is 19.2. The monoisotopic (exact) mass is 446 g/mol. The Bertz CT molecular complexity index is 1370. The van der Waals surface area contributed by atoms with E-state index in [0.29, 0.717) is 29.1 Å². The highest BCUT2D eigenvalue weighted by molar-refractivity contribution is 5.88. The van der Waals surface area contributed by atoms with Crippen molar-refractivity contribution < 1.29 is 19.1 Å². The minimum absolute atomic E-state index is 0.0421. The van der Waals surface area contributed by atoms with Gasteiger partial charge in [0.05, 0.1) is 34.9 Å². The average Bonchev–Trinajstić information content (AvgIpc) is 3.16. The molecule has 0 saturated heterocycles. The summed E-state index contributed by atoms with van der Waals surface area (Å²) in [6, 6.07) is 11.6. The van der Waals surface area contributed by atoms with Gasteiger partial charge in [-0.15, -0.1) is 0 Å². The molecule has 4 heterocycles. The second-order valence-corrected chi connectivity index (χ2v) is 9.21. The van der Waals surface area contributed by atoms with Gasteiger partial charge < -0.3 is 14.0 Å². The van der Waals surface area contributed by atoms with E-state index in [9.17, 15) is 14.4 Å². The minimum Gasteiger partial charge on any atom is -0.457 e. The van der Waals surface area contributed by atoms with Gasteiger partial charge in [-0.1, -0.05) is 45.9 Å². The second kappa shape index (κ2) is 7.54. The predicted octanol–water partition coefficient (Wildman–Crippen LogP) is 3.92. The number of nitrogens with zero attached hydrogens (tertiary/aromatic N) is 2. The van der Waals surface area contributed by atoms with Crippen LogP contribution in [0.4, 0.5) is 0 Å². The molecule has 170 valence electrons. The van der Waals surface area contributed by atoms with Crippen molar-refractivity contribution in [2.24, 2.45) is 11.8 Å². The number of carbonyl (C=O) groups is 2. The number of rotatable bonds is 4. The van der Waals surface area contributed by atoms with E-state index in [4.69, 9.17) is 14.5 Å². The lowest BCUT2D eigenvalue weighted by atomic mass is 9.85. The van der Waals surface area contributed by atoms with Crippen LogP contribution in [0.1, 0.15) is 50.8 Å². The minimum atomic E-state index is -1.65. The third-order valence-electron chi connectivity index (χ3n) is 7.03. The lowest BCUT2D eigenvalue weighted by Crippen LogP contribution is -2.48. The third kappa shape index (κ3) is 3.09. The van der Waals surface area contributed by atoms with Crippen LogP contribution in [0, 0.1) is 11.8 Å². The van der Waals surface area contributed by atoms with Gasteiger partial charge in [-0.3, -0.25) is 9.59 Å². The van der Waals surface area contributed by atoms with E-state index in [0.717, 1.165) is 16.5 Å². The Kier molecular flexibility index (Phi) is 4.88. The molecular formula is C26H26N2O5. The highest BCUT2D eigenvalue weighted by Gasteiger charge is 2.51. The van der Waals surface area contributed by atoms with Gasteiger partial charge in [0.15, 0.2) is 0 Å². The SMILES string of the molecule is CC[C@]1(OC(=O)[C@@H](C)C(C)C)C(=O)OCc2c1cc1n(c2=O)Cc2cc3ccccc3nc2-1. The summed E-state index contributed by atoms with van der Waals surface area (Å²) >= 11 is 0. The van der Waals surface area contributed by atoms with Crippen molar-refractivity contribution in [3.05, 3.63) is 63.4 Å². The van der Waals surface area contributed by atoms with Gasteiger partial charge in [0.25, 0.3) is 5.56 Å². The molecule has 0 spiro atoms. The largest absolute Gasteiger partial charge is 0.457 e. The summed E-state index contributed by atoms with van der Waals surface area (Å²) in [6.45, 7) is 7.63. The van der Waals surface area contributed by atoms with Crippen LogP contribution in [0.3, 0.4) is 0 Å². The fourth-order valence-electron chi connectivity index (χ4n) is 4.62. The molecule has 0 saturated carbocycles. The van der Waals surface area contributed by atoms with Gasteiger partial charge in [-0.05, 0) is 30.5 Å². The maximum atomic E-state index is 13.5. The summed E-state index contributed by atoms with van der Waals surface area (Å²) in [5.74, 6) is -1.49. The molecule has 1 aromatic carbocycles. The lowest BCUT2D eigenvalue weighted by molar-refractivity contribution is -0.192. The van der Waals surface area contributed by atoms with E-state index in [-0.39, 0.29) is 24.5 Å². The summed E-state index contributed by atoms with van der Waals surface area (Å²) in [5.41, 5.74) is 1.96. The van der Waals surface area contributed by atoms with Crippen LogP contribution in [-0.2, 0) is 37.8 Å². The van der Waals surface area contributed by atoms with Crippen molar-refractivity contribution in [1.82, 2.24) is 9.55 Å². The van der Waals surface area contributed by atoms with Crippen LogP contribution in [0.5, 0.6) is 0 Å². The molecule has 0 fully saturated rings. The molecule has 2 aliphatic rings. The normalized spacial score (nSPS) is 19.6. The van der Waals surface area contributed by atoms with Crippen molar-refractivity contribution in [3.63, 3.8) is 0 Å². The van der Waals surface area contributed by atoms with E-state index >= 15 is 0 Å². The van der Waals surface area contributed by atoms with Crippen LogP contribution in [0.25, 0.3) is 22.3 Å². The van der Waals surface area contributed by atoms with E-state index in [1.165, 1.54) is 0 Å². The second-order valence-electron chi connectivity index (χ2n) is 9.21. The highest BCUT2D eigenvalue weighted by atomic mass is 16.6. The number of fused-ring (bicyclic) bond motifs is 5. The standard InChI is InChI=1S/C26H26N2O5/c1-5-26(33-24(30)15(4)14(2)3)19-11-21-22-17(10-16-8-6-7-9-20(16)27-22)12-28(21)23(29)18(19)13-32-25(26)31/h6-11,14-15H,5,12-13H2,1-4H3/t15-,26+/m0/s1. The van der Waals surface area contributed by atoms with Crippen LogP contribution in [0.2, 0.25) is 0 Å². The van der Waals surface area contributed by atoms with E-state index < -0.39 is 23.5 Å². The molecule has 0 N–H and O–H groups in total. The van der Waals surface area contributed by atoms with Crippen LogP contribution >= 0.6 is 0 Å². The van der Waals surface area contributed by atoms with Gasteiger partial charge in [-0.2, -0.15) is 0 Å². The number of benzene rings is 1. The summed E-state index contributed by atoms with van der Waals surface area (Å²) in [7, 11) is 0. The summed E-state index contributed by atoms with van der Waals surface area (Å²) in [5, 5.41) is 1.000. The maximum absolute atomic E-state index is 13.5. The zero-order valence-corrected chi connectivity index (χ0v) is 19.2. The smallest absolute Gasteiger partial charge is 0.355 e. The molecule has 3 aromatic rings. The highest BCUT2D eigenvalue weighted by Crippen LogP contribution is 2.41. The molecular weight excluding hydrogens is 420 g/mol. The van der Waals surface area contributed by atoms with E-state index in [1.807, 2.05) is 44.2 Å². The summed E-state index contributed by atoms with van der Waals surface area (Å²) < 4.78 is 12.9. The number of esters is 2. The number of para-hydroxylation sites is 1. The van der Waals surface area contributed by atoms with Gasteiger partial charge in [0, 0.05) is 16.5 Å². The Morgan fingerprint density at radius 3 is 2.70 bits per heavy atom. The lowest BCUT2D eigenvalue weighted by Gasteiger charge is -2.36. The molecule has 2 aromatic heterocycles. The van der Waals surface area contributed by atoms with Gasteiger partial charge in [-0.25, -0.2) is 9.78 Å². The molecule has 33 heavy (non-hydrogen) atoms. The maximum Gasteiger partial charge on any atom is 0.355 e. The Morgan fingerprint density at radius 2 is 1.97 bits per heavy atom. The third-order valence-corrected chi connectivity index (χ3v) is 7.03. The summed E-state index contributed by atoms with van der Waals surface area (Å²) in [6.07, 6.45) is 0.163. The van der Waals surface area contributed by atoms with Gasteiger partial charge >= 0.3 is 11.9 Å². The van der Waals surface area contributed by atoms with Crippen LogP contribution in [-0.4, -0.2) is 21.5 Å². The molecule has 5 rings (SSSR count). The van der Waals surface area contributed by atoms with Crippen molar-refractivity contribution >= 4 is 22.8 Å². The topological polar surface area (TPSA) is 87.5 Å². The van der Waals surface area contributed by atoms with Crippen molar-refractivity contribution in [2.45, 2.75) is 52.9 Å². The first-order valence-corrected chi connectivity index (χ1v) is 11.3. The van der Waals surface area contributed by atoms with Crippen LogP contribution < -0.4 is 5.56 Å². The Morgan fingerprint density at radius 1 is 1.21 bits per heavy atom. The van der Waals surface area contributed by atoms with Crippen LogP contribution in [0.15, 0.2) is 41.2 Å². The summed E-state index contributed by atoms with van der Waals surface area (Å²) in [4.78, 5) is 44.3. The van der Waals surface area contributed by atoms with E-state index in [1.54, 1.807) is 24.5 Å². The Hall–Kier alpha value is -3.48. The molecule has 0 unspecified atom stereocenters. The number of cyclic esters (lactones) is 1. The average molecular weight is 447 g/mol. The number of hydrogen-bond donors (Lipinski definition) is 0. The van der Waals surface area contributed by atoms with Gasteiger partial charge in [0.2, 0.25) is 5.60 Å². The number of aromatic nitrogens is 2. The first-order valence-electron chi connectivity index (χ1n) is 11.3. The predicted molar refractivity (Wildman–Crippen MR) is 122 cm³/mol. The first-order chi connectivity index (χ1) is 15.8. The molecule has 7 heteroatoms. The van der Waals surface area contributed by atoms with Crippen molar-refractivity contribution in [1.29, 1.82) is 0 Å². The first kappa shape index (κ1) is 21.4. The molecule has 7 nitrogen and oxygen atoms in total. The Balaban J connectivity index is 1.70. The molecule has 2 atom stereocenters. The van der Waals surface area contributed by atoms with Crippen molar-refractivity contribution in [3.8, 4) is 11.4 Å². The number of ether oxygens (including phenoxy) is 2. The number of pyridine rings is 2. The molecule has 0 aliphatic carbocycles. The van der Waals surface area contributed by atoms with E-state index in [2.05, 4.69) is 0 Å². The number of hydrogen-bond acceptors (Lipinski definition) is 6.